The van der Waals surface area contributed by atoms with Gasteiger partial charge in [-0.1, -0.05) is 18.2 Å². The third-order valence-corrected chi connectivity index (χ3v) is 1.55. The minimum atomic E-state index is 1.23. The molecule has 1 fully saturated rings. The van der Waals surface area contributed by atoms with Gasteiger partial charge in [0.1, 0.15) is 0 Å². The Balaban J connectivity index is 2.18. The van der Waals surface area contributed by atoms with Gasteiger partial charge >= 0.3 is 0 Å². The van der Waals surface area contributed by atoms with E-state index in [4.69, 9.17) is 0 Å². The van der Waals surface area contributed by atoms with Gasteiger partial charge in [0.15, 0.2) is 0 Å². The fraction of sp³-hybridized carbons (Fsp3) is 0. The Kier molecular flexibility index (Phi) is 1.35. The van der Waals surface area contributed by atoms with Gasteiger partial charge in [0.25, 0.3) is 0 Å². The van der Waals surface area contributed by atoms with Crippen molar-refractivity contribution in [3.8, 4) is 0 Å². The quantitative estimate of drug-likeness (QED) is 0.562. The minimum absolute atomic E-state index is 1.23. The molecule has 1 heteroatoms. The Morgan fingerprint density at radius 1 is 0.900 bits per heavy atom. The Morgan fingerprint density at radius 3 is 2.10 bits per heavy atom. The number of nitrogens with zero attached hydrogens (tertiary/aromatic N) is 1. The summed E-state index contributed by atoms with van der Waals surface area (Å²) >= 11 is 0. The van der Waals surface area contributed by atoms with Gasteiger partial charge in [0.05, 0.1) is 13.1 Å². The number of para-hydroxylation sites is 1. The number of hydrogen-bond acceptors (Lipinski definition) is 1. The molecular weight excluding hydrogens is 122 g/mol. The number of hydrogen-bond donors (Lipinski definition) is 0. The van der Waals surface area contributed by atoms with Crippen molar-refractivity contribution < 1.29 is 0 Å². The molecular formula is C9H8N. The van der Waals surface area contributed by atoms with Crippen LogP contribution >= 0.6 is 0 Å². The molecule has 0 spiro atoms. The van der Waals surface area contributed by atoms with Crippen LogP contribution in [0.3, 0.4) is 0 Å². The molecule has 0 amide bonds. The highest BCUT2D eigenvalue weighted by atomic mass is 15.2. The first-order valence-electron chi connectivity index (χ1n) is 3.32. The van der Waals surface area contributed by atoms with Crippen molar-refractivity contribution in [1.29, 1.82) is 0 Å². The molecule has 1 aliphatic heterocycles. The van der Waals surface area contributed by atoms with Gasteiger partial charge in [-0.15, -0.1) is 0 Å². The maximum absolute atomic E-state index is 2.08. The first-order chi connectivity index (χ1) is 4.97. The summed E-state index contributed by atoms with van der Waals surface area (Å²) in [5.74, 6) is 0. The summed E-state index contributed by atoms with van der Waals surface area (Å²) in [5.41, 5.74) is 1.23. The highest BCUT2D eigenvalue weighted by Gasteiger charge is 2.14. The van der Waals surface area contributed by atoms with Crippen molar-refractivity contribution in [3.05, 3.63) is 49.8 Å². The lowest BCUT2D eigenvalue weighted by molar-refractivity contribution is 0.972. The fourth-order valence-electron chi connectivity index (χ4n) is 0.944. The zero-order chi connectivity index (χ0) is 6.81. The van der Waals surface area contributed by atoms with Crippen molar-refractivity contribution in [2.24, 2.45) is 0 Å². The van der Waals surface area contributed by atoms with Crippen LogP contribution in [0.25, 0.3) is 0 Å². The summed E-state index contributed by atoms with van der Waals surface area (Å²) in [6.45, 7) is 4.07. The number of rotatable bonds is 1. The van der Waals surface area contributed by atoms with Crippen molar-refractivity contribution in [3.63, 3.8) is 0 Å². The van der Waals surface area contributed by atoms with Gasteiger partial charge in [-0.05, 0) is 12.1 Å². The van der Waals surface area contributed by atoms with Crippen LogP contribution in [-0.2, 0) is 0 Å². The third kappa shape index (κ3) is 0.878. The van der Waals surface area contributed by atoms with Crippen LogP contribution < -0.4 is 4.90 Å². The average molecular weight is 130 g/mol. The van der Waals surface area contributed by atoms with Crippen molar-refractivity contribution in [1.82, 2.24) is 0 Å². The summed E-state index contributed by atoms with van der Waals surface area (Å²) < 4.78 is 0. The number of anilines is 1. The maximum Gasteiger partial charge on any atom is 0.0554 e. The predicted octanol–water partition coefficient (Wildman–Crippen LogP) is 2.03. The lowest BCUT2D eigenvalue weighted by atomic mass is 10.2. The molecule has 3 radical (unpaired) electrons. The van der Waals surface area contributed by atoms with E-state index in [1.807, 2.05) is 37.7 Å². The average Bonchev–Trinajstić information content (AvgIpc) is 1.86. The molecule has 1 saturated heterocycles. The molecule has 1 nitrogen and oxygen atoms in total. The lowest BCUT2D eigenvalue weighted by Crippen LogP contribution is -2.26. The van der Waals surface area contributed by atoms with Crippen LogP contribution in [-0.4, -0.2) is 0 Å². The fourth-order valence-corrected chi connectivity index (χ4v) is 0.944. The zero-order valence-corrected chi connectivity index (χ0v) is 5.57. The summed E-state index contributed by atoms with van der Waals surface area (Å²) in [6, 6.07) is 10.3. The monoisotopic (exact) mass is 130 g/mol. The van der Waals surface area contributed by atoms with E-state index in [1.165, 1.54) is 5.69 Å². The molecule has 1 aromatic carbocycles. The molecule has 0 bridgehead atoms. The van der Waals surface area contributed by atoms with E-state index >= 15 is 0 Å². The summed E-state index contributed by atoms with van der Waals surface area (Å²) in [6.07, 6.45) is 2.02. The molecule has 0 N–H and O–H groups in total. The van der Waals surface area contributed by atoms with Crippen LogP contribution in [0.2, 0.25) is 0 Å². The maximum atomic E-state index is 2.08. The first-order valence-corrected chi connectivity index (χ1v) is 3.32. The molecule has 0 atom stereocenters. The molecule has 0 unspecified atom stereocenters. The van der Waals surface area contributed by atoms with E-state index in [1.54, 1.807) is 0 Å². The van der Waals surface area contributed by atoms with Crippen molar-refractivity contribution in [2.45, 2.75) is 0 Å². The summed E-state index contributed by atoms with van der Waals surface area (Å²) in [5, 5.41) is 0. The van der Waals surface area contributed by atoms with E-state index in [0.29, 0.717) is 0 Å². The molecule has 0 aliphatic carbocycles. The Bertz CT molecular complexity index is 201. The molecule has 49 valence electrons. The molecule has 0 aromatic heterocycles. The second-order valence-electron chi connectivity index (χ2n) is 2.23. The predicted molar refractivity (Wildman–Crippen MR) is 41.8 cm³/mol. The van der Waals surface area contributed by atoms with Crippen molar-refractivity contribution in [2.75, 3.05) is 4.90 Å². The van der Waals surface area contributed by atoms with Crippen LogP contribution in [0.5, 0.6) is 0 Å². The molecule has 1 heterocycles. The zero-order valence-electron chi connectivity index (χ0n) is 5.57. The Morgan fingerprint density at radius 2 is 1.60 bits per heavy atom. The van der Waals surface area contributed by atoms with Gasteiger partial charge in [0, 0.05) is 12.1 Å². The summed E-state index contributed by atoms with van der Waals surface area (Å²) in [4.78, 5) is 2.08. The molecule has 2 rings (SSSR count). The Hall–Kier alpha value is -0.980. The topological polar surface area (TPSA) is 3.24 Å². The Labute approximate surface area is 61.3 Å². The van der Waals surface area contributed by atoms with Gasteiger partial charge in [-0.2, -0.15) is 0 Å². The van der Waals surface area contributed by atoms with Crippen LogP contribution in [0.1, 0.15) is 0 Å². The number of benzene rings is 1. The standard InChI is InChI=1S/C9H8N/c1-2-5-9(6-3-1)10-7-4-8-10/h1-8H. The smallest absolute Gasteiger partial charge is 0.0554 e. The molecule has 10 heavy (non-hydrogen) atoms. The van der Waals surface area contributed by atoms with Gasteiger partial charge in [-0.25, -0.2) is 0 Å². The van der Waals surface area contributed by atoms with E-state index in [9.17, 15) is 0 Å². The van der Waals surface area contributed by atoms with Crippen LogP contribution in [0, 0.1) is 19.5 Å². The molecule has 0 saturated carbocycles. The summed E-state index contributed by atoms with van der Waals surface area (Å²) in [7, 11) is 0. The minimum Gasteiger partial charge on any atom is -0.361 e. The lowest BCUT2D eigenvalue weighted by Gasteiger charge is -2.31. The van der Waals surface area contributed by atoms with Crippen molar-refractivity contribution >= 4 is 5.69 Å². The molecule has 1 aliphatic rings. The van der Waals surface area contributed by atoms with E-state index < -0.39 is 0 Å². The first kappa shape index (κ1) is 5.78. The van der Waals surface area contributed by atoms with Gasteiger partial charge < -0.3 is 4.90 Å². The largest absolute Gasteiger partial charge is 0.361 e. The van der Waals surface area contributed by atoms with Gasteiger partial charge in [-0.3, -0.25) is 0 Å². The van der Waals surface area contributed by atoms with Crippen LogP contribution in [0.4, 0.5) is 5.69 Å². The molecule has 1 aromatic rings. The van der Waals surface area contributed by atoms with Crippen LogP contribution in [0.15, 0.2) is 30.3 Å². The SMILES string of the molecule is [CH]1[CH]N(c2ccccc2)[CH]1. The van der Waals surface area contributed by atoms with E-state index in [0.717, 1.165) is 0 Å². The highest BCUT2D eigenvalue weighted by Crippen LogP contribution is 2.24. The second kappa shape index (κ2) is 2.33. The highest BCUT2D eigenvalue weighted by molar-refractivity contribution is 5.56. The normalized spacial score (nSPS) is 16.6. The van der Waals surface area contributed by atoms with E-state index in [-0.39, 0.29) is 0 Å². The second-order valence-corrected chi connectivity index (χ2v) is 2.23. The van der Waals surface area contributed by atoms with Gasteiger partial charge in [0.2, 0.25) is 0 Å². The van der Waals surface area contributed by atoms with E-state index in [2.05, 4.69) is 17.0 Å². The third-order valence-electron chi connectivity index (χ3n) is 1.55.